The third-order valence-electron chi connectivity index (χ3n) is 2.06. The molecule has 0 aromatic carbocycles. The topological polar surface area (TPSA) is 17.3 Å². The summed E-state index contributed by atoms with van der Waals surface area (Å²) in [5.41, 5.74) is 4.57. The van der Waals surface area contributed by atoms with E-state index in [4.69, 9.17) is 0 Å². The van der Waals surface area contributed by atoms with E-state index in [-0.39, 0.29) is 0 Å². The highest BCUT2D eigenvalue weighted by Gasteiger charge is 2.02. The van der Waals surface area contributed by atoms with E-state index in [1.54, 1.807) is 0 Å². The Kier molecular flexibility index (Phi) is 9.94. The van der Waals surface area contributed by atoms with Gasteiger partial charge in [-0.3, -0.25) is 0 Å². The van der Waals surface area contributed by atoms with E-state index in [1.165, 1.54) is 32.1 Å². The van der Waals surface area contributed by atoms with E-state index in [2.05, 4.69) is 31.2 Å². The molecule has 0 unspecified atom stereocenters. The van der Waals surface area contributed by atoms with Gasteiger partial charge in [-0.2, -0.15) is 5.43 Å². The second kappa shape index (κ2) is 10.0. The molecule has 0 atom stereocenters. The zero-order valence-electron chi connectivity index (χ0n) is 9.55. The van der Waals surface area contributed by atoms with Crippen LogP contribution in [0.1, 0.15) is 52.9 Å². The molecule has 1 radical (unpaired) electrons. The van der Waals surface area contributed by atoms with Crippen molar-refractivity contribution >= 4 is 0 Å². The standard InChI is InChI=1S/C11H25N2/c1-4-7-9-12-13(10-6-3)11-8-5-2/h4-11H2,1-3H3. The molecule has 0 aliphatic rings. The van der Waals surface area contributed by atoms with Crippen LogP contribution in [-0.4, -0.2) is 24.6 Å². The first-order valence-electron chi connectivity index (χ1n) is 5.77. The Morgan fingerprint density at radius 3 is 2.08 bits per heavy atom. The van der Waals surface area contributed by atoms with Crippen molar-refractivity contribution in [2.24, 2.45) is 0 Å². The van der Waals surface area contributed by atoms with Crippen molar-refractivity contribution in [1.82, 2.24) is 10.4 Å². The van der Waals surface area contributed by atoms with Crippen LogP contribution in [0.25, 0.3) is 0 Å². The van der Waals surface area contributed by atoms with Crippen LogP contribution in [0.5, 0.6) is 0 Å². The molecule has 0 aromatic heterocycles. The molecule has 2 nitrogen and oxygen atoms in total. The maximum Gasteiger partial charge on any atom is 0.0306 e. The summed E-state index contributed by atoms with van der Waals surface area (Å²) in [5, 5.41) is 2.25. The lowest BCUT2D eigenvalue weighted by atomic mass is 10.3. The summed E-state index contributed by atoms with van der Waals surface area (Å²) in [7, 11) is 0. The fourth-order valence-corrected chi connectivity index (χ4v) is 1.22. The van der Waals surface area contributed by atoms with Crippen LogP contribution in [-0.2, 0) is 0 Å². The van der Waals surface area contributed by atoms with Gasteiger partial charge in [0.1, 0.15) is 0 Å². The molecule has 0 spiro atoms. The molecule has 0 heterocycles. The Balaban J connectivity index is 3.41. The lowest BCUT2D eigenvalue weighted by molar-refractivity contribution is 0.176. The van der Waals surface area contributed by atoms with Gasteiger partial charge in [-0.25, -0.2) is 5.01 Å². The van der Waals surface area contributed by atoms with Gasteiger partial charge in [0.25, 0.3) is 0 Å². The van der Waals surface area contributed by atoms with E-state index in [0.717, 1.165) is 19.6 Å². The lowest BCUT2D eigenvalue weighted by Gasteiger charge is -2.19. The molecular formula is C11H25N2. The Bertz CT molecular complexity index is 94.1. The monoisotopic (exact) mass is 185 g/mol. The molecule has 0 saturated heterocycles. The van der Waals surface area contributed by atoms with Gasteiger partial charge in [0.15, 0.2) is 0 Å². The second-order valence-electron chi connectivity index (χ2n) is 3.53. The predicted molar refractivity (Wildman–Crippen MR) is 58.7 cm³/mol. The summed E-state index contributed by atoms with van der Waals surface area (Å²) in [6.45, 7) is 9.95. The van der Waals surface area contributed by atoms with Gasteiger partial charge in [-0.15, -0.1) is 0 Å². The molecule has 0 rings (SSSR count). The summed E-state index contributed by atoms with van der Waals surface area (Å²) in [6.07, 6.45) is 6.22. The summed E-state index contributed by atoms with van der Waals surface area (Å²) in [6, 6.07) is 0. The largest absolute Gasteiger partial charge is 0.227 e. The highest BCUT2D eigenvalue weighted by molar-refractivity contribution is 4.51. The molecule has 0 aliphatic carbocycles. The summed E-state index contributed by atoms with van der Waals surface area (Å²) < 4.78 is 0. The van der Waals surface area contributed by atoms with Crippen LogP contribution in [0.3, 0.4) is 0 Å². The Morgan fingerprint density at radius 2 is 1.54 bits per heavy atom. The van der Waals surface area contributed by atoms with Gasteiger partial charge in [-0.05, 0) is 19.3 Å². The van der Waals surface area contributed by atoms with Crippen molar-refractivity contribution in [1.29, 1.82) is 0 Å². The van der Waals surface area contributed by atoms with Crippen molar-refractivity contribution in [2.75, 3.05) is 19.6 Å². The smallest absolute Gasteiger partial charge is 0.0306 e. The Labute approximate surface area is 83.7 Å². The summed E-state index contributed by atoms with van der Waals surface area (Å²) in [4.78, 5) is 0. The average molecular weight is 185 g/mol. The molecule has 0 N–H and O–H groups in total. The van der Waals surface area contributed by atoms with E-state index < -0.39 is 0 Å². The minimum Gasteiger partial charge on any atom is -0.227 e. The first-order valence-corrected chi connectivity index (χ1v) is 5.77. The molecule has 0 aliphatic heterocycles. The van der Waals surface area contributed by atoms with Crippen LogP contribution in [0.2, 0.25) is 0 Å². The van der Waals surface area contributed by atoms with Gasteiger partial charge in [0, 0.05) is 19.6 Å². The van der Waals surface area contributed by atoms with Crippen molar-refractivity contribution < 1.29 is 0 Å². The number of hydrogen-bond donors (Lipinski definition) is 0. The normalized spacial score (nSPS) is 11.1. The molecule has 0 aromatic rings. The number of rotatable bonds is 9. The van der Waals surface area contributed by atoms with Crippen molar-refractivity contribution in [3.63, 3.8) is 0 Å². The average Bonchev–Trinajstić information content (AvgIpc) is 2.14. The number of unbranched alkanes of at least 4 members (excludes halogenated alkanes) is 2. The predicted octanol–water partition coefficient (Wildman–Crippen LogP) is 2.82. The molecule has 0 fully saturated rings. The lowest BCUT2D eigenvalue weighted by Crippen LogP contribution is -2.34. The van der Waals surface area contributed by atoms with Gasteiger partial charge < -0.3 is 0 Å². The number of hydrogen-bond acceptors (Lipinski definition) is 1. The van der Waals surface area contributed by atoms with Crippen LogP contribution >= 0.6 is 0 Å². The molecule has 0 bridgehead atoms. The highest BCUT2D eigenvalue weighted by atomic mass is 15.5. The Hall–Kier alpha value is -0.0800. The van der Waals surface area contributed by atoms with E-state index >= 15 is 0 Å². The molecule has 2 heteroatoms. The number of nitrogens with zero attached hydrogens (tertiary/aromatic N) is 2. The van der Waals surface area contributed by atoms with E-state index in [1.807, 2.05) is 0 Å². The molecule has 0 amide bonds. The van der Waals surface area contributed by atoms with Gasteiger partial charge >= 0.3 is 0 Å². The minimum atomic E-state index is 1.01. The highest BCUT2D eigenvalue weighted by Crippen LogP contribution is 1.95. The maximum atomic E-state index is 4.57. The maximum absolute atomic E-state index is 4.57. The zero-order chi connectivity index (χ0) is 9.94. The zero-order valence-corrected chi connectivity index (χ0v) is 9.55. The molecule has 79 valence electrons. The van der Waals surface area contributed by atoms with Gasteiger partial charge in [-0.1, -0.05) is 33.6 Å². The third kappa shape index (κ3) is 8.26. The first-order chi connectivity index (χ1) is 6.35. The van der Waals surface area contributed by atoms with Gasteiger partial charge in [0.2, 0.25) is 0 Å². The van der Waals surface area contributed by atoms with Crippen molar-refractivity contribution in [3.05, 3.63) is 0 Å². The first kappa shape index (κ1) is 12.9. The van der Waals surface area contributed by atoms with Crippen LogP contribution in [0.4, 0.5) is 0 Å². The summed E-state index contributed by atoms with van der Waals surface area (Å²) >= 11 is 0. The molecule has 0 saturated carbocycles. The molecule has 13 heavy (non-hydrogen) atoms. The van der Waals surface area contributed by atoms with E-state index in [0.29, 0.717) is 0 Å². The third-order valence-corrected chi connectivity index (χ3v) is 2.06. The Morgan fingerprint density at radius 1 is 0.846 bits per heavy atom. The van der Waals surface area contributed by atoms with Crippen molar-refractivity contribution in [2.45, 2.75) is 52.9 Å². The fraction of sp³-hybridized carbons (Fsp3) is 1.00. The fourth-order valence-electron chi connectivity index (χ4n) is 1.22. The van der Waals surface area contributed by atoms with Crippen LogP contribution < -0.4 is 5.43 Å². The minimum absolute atomic E-state index is 1.01. The quantitative estimate of drug-likeness (QED) is 0.399. The summed E-state index contributed by atoms with van der Waals surface area (Å²) in [5.74, 6) is 0. The molecular weight excluding hydrogens is 160 g/mol. The van der Waals surface area contributed by atoms with Crippen LogP contribution in [0, 0.1) is 0 Å². The van der Waals surface area contributed by atoms with Crippen molar-refractivity contribution in [3.8, 4) is 0 Å². The second-order valence-corrected chi connectivity index (χ2v) is 3.53. The SMILES string of the molecule is CCCC[N]N(CCC)CCCC. The van der Waals surface area contributed by atoms with Gasteiger partial charge in [0.05, 0.1) is 0 Å². The van der Waals surface area contributed by atoms with Crippen LogP contribution in [0.15, 0.2) is 0 Å². The van der Waals surface area contributed by atoms with E-state index in [9.17, 15) is 0 Å².